The number of fused-ring (bicyclic) bond motifs is 5. The summed E-state index contributed by atoms with van der Waals surface area (Å²) in [5.41, 5.74) is 2.15. The van der Waals surface area contributed by atoms with Crippen molar-refractivity contribution in [3.8, 4) is 5.82 Å². The van der Waals surface area contributed by atoms with Crippen LogP contribution in [0, 0.1) is 0 Å². The summed E-state index contributed by atoms with van der Waals surface area (Å²) in [5, 5.41) is 7.29. The van der Waals surface area contributed by atoms with Crippen LogP contribution in [0.2, 0.25) is 0 Å². The Morgan fingerprint density at radius 1 is 0.692 bits per heavy atom. The monoisotopic (exact) mass is 333 g/mol. The fraction of sp³-hybridized carbons (Fsp3) is 0. The highest BCUT2D eigenvalue weighted by molar-refractivity contribution is 6.13. The van der Waals surface area contributed by atoms with Gasteiger partial charge in [-0.1, -0.05) is 48.5 Å². The molecule has 0 aliphatic rings. The van der Waals surface area contributed by atoms with Crippen LogP contribution < -0.4 is 0 Å². The minimum absolute atomic E-state index is 0.977. The van der Waals surface area contributed by atoms with E-state index < -0.39 is 0 Å². The summed E-state index contributed by atoms with van der Waals surface area (Å²) in [6.07, 6.45) is 3.93. The number of hydrogen-bond acceptors (Lipinski definition) is 1. The first-order chi connectivity index (χ1) is 12.9. The molecule has 3 aromatic carbocycles. The van der Waals surface area contributed by atoms with Crippen LogP contribution in [0.4, 0.5) is 0 Å². The number of aromatic amines is 1. The molecule has 0 fully saturated rings. The number of rotatable bonds is 1. The Morgan fingerprint density at radius 3 is 2.31 bits per heavy atom. The fourth-order valence-electron chi connectivity index (χ4n) is 4.00. The second-order valence-electron chi connectivity index (χ2n) is 6.65. The maximum Gasteiger partial charge on any atom is 0.146 e. The quantitative estimate of drug-likeness (QED) is 0.404. The highest BCUT2D eigenvalue weighted by Crippen LogP contribution is 2.35. The van der Waals surface area contributed by atoms with E-state index >= 15 is 0 Å². The molecule has 6 rings (SSSR count). The van der Waals surface area contributed by atoms with Crippen molar-refractivity contribution in [3.05, 3.63) is 85.2 Å². The topological polar surface area (TPSA) is 33.6 Å². The Labute approximate surface area is 149 Å². The molecule has 0 amide bonds. The van der Waals surface area contributed by atoms with E-state index in [4.69, 9.17) is 4.98 Å². The predicted octanol–water partition coefficient (Wildman–Crippen LogP) is 5.81. The molecular weight excluding hydrogens is 318 g/mol. The van der Waals surface area contributed by atoms with Gasteiger partial charge in [-0.3, -0.25) is 4.57 Å². The van der Waals surface area contributed by atoms with Crippen LogP contribution in [-0.2, 0) is 0 Å². The van der Waals surface area contributed by atoms with Crippen molar-refractivity contribution in [3.63, 3.8) is 0 Å². The van der Waals surface area contributed by atoms with Gasteiger partial charge in [0.25, 0.3) is 0 Å². The summed E-state index contributed by atoms with van der Waals surface area (Å²) in [7, 11) is 0. The van der Waals surface area contributed by atoms with Gasteiger partial charge in [-0.2, -0.15) is 0 Å². The van der Waals surface area contributed by atoms with Crippen LogP contribution in [0.25, 0.3) is 49.3 Å². The molecule has 0 saturated heterocycles. The standard InChI is InChI=1S/C23H15N3/c1-2-7-16-13-21-20(12-15(16)6-1)19-10-5-11-24-23(19)26(21)22-18-9-4-3-8-17(18)14-25-22/h1-14,25H. The van der Waals surface area contributed by atoms with Gasteiger partial charge in [-0.15, -0.1) is 0 Å². The molecule has 26 heavy (non-hydrogen) atoms. The van der Waals surface area contributed by atoms with Crippen LogP contribution in [0.5, 0.6) is 0 Å². The summed E-state index contributed by atoms with van der Waals surface area (Å²) >= 11 is 0. The lowest BCUT2D eigenvalue weighted by Crippen LogP contribution is -1.96. The Morgan fingerprint density at radius 2 is 1.42 bits per heavy atom. The molecule has 0 spiro atoms. The van der Waals surface area contributed by atoms with Gasteiger partial charge >= 0.3 is 0 Å². The van der Waals surface area contributed by atoms with Gasteiger partial charge in [0.15, 0.2) is 0 Å². The molecule has 3 heterocycles. The van der Waals surface area contributed by atoms with E-state index in [2.05, 4.69) is 82.5 Å². The second-order valence-corrected chi connectivity index (χ2v) is 6.65. The molecule has 0 saturated carbocycles. The minimum Gasteiger partial charge on any atom is -0.347 e. The summed E-state index contributed by atoms with van der Waals surface area (Å²) in [5.74, 6) is 1.06. The lowest BCUT2D eigenvalue weighted by atomic mass is 10.1. The van der Waals surface area contributed by atoms with Crippen molar-refractivity contribution in [1.29, 1.82) is 0 Å². The van der Waals surface area contributed by atoms with Crippen molar-refractivity contribution in [1.82, 2.24) is 14.5 Å². The largest absolute Gasteiger partial charge is 0.347 e. The molecule has 0 radical (unpaired) electrons. The number of H-pyrrole nitrogens is 1. The molecule has 3 nitrogen and oxygen atoms in total. The number of nitrogens with zero attached hydrogens (tertiary/aromatic N) is 2. The number of pyridine rings is 1. The van der Waals surface area contributed by atoms with Crippen LogP contribution in [0.1, 0.15) is 0 Å². The van der Waals surface area contributed by atoms with E-state index in [9.17, 15) is 0 Å². The van der Waals surface area contributed by atoms with E-state index in [1.165, 1.54) is 37.8 Å². The van der Waals surface area contributed by atoms with E-state index in [0.29, 0.717) is 0 Å². The van der Waals surface area contributed by atoms with Crippen molar-refractivity contribution < 1.29 is 0 Å². The van der Waals surface area contributed by atoms with E-state index in [1.807, 2.05) is 12.3 Å². The van der Waals surface area contributed by atoms with E-state index in [1.54, 1.807) is 0 Å². The number of hydrogen-bond donors (Lipinski definition) is 1. The van der Waals surface area contributed by atoms with E-state index in [-0.39, 0.29) is 0 Å². The normalized spacial score (nSPS) is 11.8. The maximum atomic E-state index is 4.71. The van der Waals surface area contributed by atoms with Crippen LogP contribution in [-0.4, -0.2) is 14.5 Å². The van der Waals surface area contributed by atoms with Gasteiger partial charge in [0, 0.05) is 33.9 Å². The zero-order valence-corrected chi connectivity index (χ0v) is 14.0. The minimum atomic E-state index is 0.977. The maximum absolute atomic E-state index is 4.71. The van der Waals surface area contributed by atoms with Crippen molar-refractivity contribution >= 4 is 43.5 Å². The van der Waals surface area contributed by atoms with Gasteiger partial charge < -0.3 is 4.98 Å². The Bertz CT molecular complexity index is 1440. The first kappa shape index (κ1) is 13.7. The van der Waals surface area contributed by atoms with Gasteiger partial charge in [-0.05, 0) is 35.0 Å². The lowest BCUT2D eigenvalue weighted by molar-refractivity contribution is 1.09. The number of nitrogens with one attached hydrogen (secondary N) is 1. The third-order valence-corrected chi connectivity index (χ3v) is 5.20. The summed E-state index contributed by atoms with van der Waals surface area (Å²) < 4.78 is 2.25. The molecule has 0 atom stereocenters. The Kier molecular flexibility index (Phi) is 2.61. The molecule has 1 N–H and O–H groups in total. The third kappa shape index (κ3) is 1.74. The average molecular weight is 333 g/mol. The van der Waals surface area contributed by atoms with Crippen molar-refractivity contribution in [2.75, 3.05) is 0 Å². The fourth-order valence-corrected chi connectivity index (χ4v) is 4.00. The smallest absolute Gasteiger partial charge is 0.146 e. The van der Waals surface area contributed by atoms with Gasteiger partial charge in [-0.25, -0.2) is 4.98 Å². The van der Waals surface area contributed by atoms with Gasteiger partial charge in [0.1, 0.15) is 11.5 Å². The first-order valence-electron chi connectivity index (χ1n) is 8.74. The second kappa shape index (κ2) is 4.96. The van der Waals surface area contributed by atoms with Crippen molar-refractivity contribution in [2.24, 2.45) is 0 Å². The molecular formula is C23H15N3. The molecule has 6 aromatic rings. The Balaban J connectivity index is 1.85. The summed E-state index contributed by atoms with van der Waals surface area (Å²) in [6.45, 7) is 0. The molecule has 0 aliphatic carbocycles. The zero-order valence-electron chi connectivity index (χ0n) is 14.0. The summed E-state index contributed by atoms with van der Waals surface area (Å²) in [4.78, 5) is 8.19. The highest BCUT2D eigenvalue weighted by Gasteiger charge is 2.16. The zero-order chi connectivity index (χ0) is 17.1. The van der Waals surface area contributed by atoms with E-state index in [0.717, 1.165) is 11.5 Å². The highest BCUT2D eigenvalue weighted by atomic mass is 15.1. The summed E-state index contributed by atoms with van der Waals surface area (Å²) in [6, 6.07) is 25.6. The molecule has 122 valence electrons. The molecule has 0 unspecified atom stereocenters. The first-order valence-corrected chi connectivity index (χ1v) is 8.74. The number of aromatic nitrogens is 3. The van der Waals surface area contributed by atoms with Gasteiger partial charge in [0.05, 0.1) is 5.52 Å². The van der Waals surface area contributed by atoms with Crippen LogP contribution in [0.3, 0.4) is 0 Å². The predicted molar refractivity (Wildman–Crippen MR) is 108 cm³/mol. The average Bonchev–Trinajstić information content (AvgIpc) is 3.25. The lowest BCUT2D eigenvalue weighted by Gasteiger charge is -2.06. The molecule has 3 aromatic heterocycles. The van der Waals surface area contributed by atoms with Gasteiger partial charge in [0.2, 0.25) is 0 Å². The van der Waals surface area contributed by atoms with Crippen LogP contribution in [0.15, 0.2) is 85.2 Å². The number of benzene rings is 3. The SMILES string of the molecule is c1ccc2cc3c(cc2c1)c1cccnc1n3-c1[nH]cc2ccccc12. The Hall–Kier alpha value is -3.59. The molecule has 0 bridgehead atoms. The van der Waals surface area contributed by atoms with Crippen molar-refractivity contribution in [2.45, 2.75) is 0 Å². The van der Waals surface area contributed by atoms with Crippen LogP contribution >= 0.6 is 0 Å². The third-order valence-electron chi connectivity index (χ3n) is 5.20. The molecule has 0 aliphatic heterocycles. The molecule has 3 heteroatoms.